The van der Waals surface area contributed by atoms with Crippen molar-refractivity contribution in [3.63, 3.8) is 0 Å². The van der Waals surface area contributed by atoms with Crippen LogP contribution in [0.4, 0.5) is 28.4 Å². The summed E-state index contributed by atoms with van der Waals surface area (Å²) in [6.45, 7) is 0. The largest absolute Gasteiger partial charge is 0.333 e. The lowest BCUT2D eigenvalue weighted by molar-refractivity contribution is 0.829. The zero-order valence-electron chi connectivity index (χ0n) is 22.1. The maximum Gasteiger partial charge on any atom is 0.0632 e. The van der Waals surface area contributed by atoms with Crippen LogP contribution in [0.2, 0.25) is 0 Å². The third-order valence-electron chi connectivity index (χ3n) is 8.29. The van der Waals surface area contributed by atoms with Gasteiger partial charge in [-0.3, -0.25) is 0 Å². The van der Waals surface area contributed by atoms with Crippen LogP contribution < -0.4 is 9.80 Å². The van der Waals surface area contributed by atoms with Crippen LogP contribution in [0.15, 0.2) is 152 Å². The number of para-hydroxylation sites is 2. The van der Waals surface area contributed by atoms with Crippen LogP contribution in [-0.4, -0.2) is 6.04 Å². The third kappa shape index (κ3) is 3.57. The first kappa shape index (κ1) is 22.9. The predicted molar refractivity (Wildman–Crippen MR) is 170 cm³/mol. The Hall–Kier alpha value is -5.08. The molecule has 0 N–H and O–H groups in total. The molecule has 1 aliphatic heterocycles. The summed E-state index contributed by atoms with van der Waals surface area (Å²) in [6, 6.07) is 48.7. The van der Waals surface area contributed by atoms with Crippen LogP contribution in [0.25, 0.3) is 27.1 Å². The number of benzene rings is 6. The number of nitrogens with zero attached hydrogens (tertiary/aromatic N) is 2. The van der Waals surface area contributed by atoms with Gasteiger partial charge < -0.3 is 9.80 Å². The number of rotatable bonds is 4. The minimum Gasteiger partial charge on any atom is -0.333 e. The van der Waals surface area contributed by atoms with Crippen LogP contribution in [0, 0.1) is 0 Å². The van der Waals surface area contributed by atoms with Gasteiger partial charge in [-0.05, 0) is 70.6 Å². The second kappa shape index (κ2) is 9.29. The molecule has 0 fully saturated rings. The number of anilines is 5. The Bertz CT molecular complexity index is 1940. The molecule has 1 atom stereocenters. The van der Waals surface area contributed by atoms with Crippen molar-refractivity contribution in [3.05, 3.63) is 157 Å². The molecule has 2 nitrogen and oxygen atoms in total. The van der Waals surface area contributed by atoms with Crippen molar-refractivity contribution < 1.29 is 0 Å². The zero-order valence-corrected chi connectivity index (χ0v) is 22.1. The van der Waals surface area contributed by atoms with E-state index in [0.717, 1.165) is 17.8 Å². The van der Waals surface area contributed by atoms with Crippen LogP contribution >= 0.6 is 0 Å². The zero-order chi connectivity index (χ0) is 26.5. The topological polar surface area (TPSA) is 6.48 Å². The molecule has 2 aliphatic rings. The SMILES string of the molecule is C1=CCC2C(=C1)c1ccc(N(c3ccccc3)c3cc4ccccc4c4ccccc34)cc1N2c1ccccc1. The van der Waals surface area contributed by atoms with Crippen molar-refractivity contribution in [3.8, 4) is 0 Å². The highest BCUT2D eigenvalue weighted by Gasteiger charge is 2.35. The molecule has 1 aliphatic carbocycles. The van der Waals surface area contributed by atoms with Gasteiger partial charge in [0.05, 0.1) is 17.4 Å². The average Bonchev–Trinajstić information content (AvgIpc) is 3.36. The number of allylic oxidation sites excluding steroid dienone is 2. The van der Waals surface area contributed by atoms with E-state index in [1.807, 2.05) is 0 Å². The van der Waals surface area contributed by atoms with Crippen LogP contribution in [0.3, 0.4) is 0 Å². The maximum absolute atomic E-state index is 2.52. The number of hydrogen-bond donors (Lipinski definition) is 0. The fraction of sp³-hybridized carbons (Fsp3) is 0.0526. The molecule has 8 rings (SSSR count). The lowest BCUT2D eigenvalue weighted by atomic mass is 9.95. The first-order valence-electron chi connectivity index (χ1n) is 14.0. The normalized spacial score (nSPS) is 15.7. The maximum atomic E-state index is 2.52. The first-order chi connectivity index (χ1) is 19.9. The predicted octanol–water partition coefficient (Wildman–Crippen LogP) is 10.3. The first-order valence-corrected chi connectivity index (χ1v) is 14.0. The summed E-state index contributed by atoms with van der Waals surface area (Å²) in [4.78, 5) is 4.95. The summed E-state index contributed by atoms with van der Waals surface area (Å²) in [5.74, 6) is 0. The Labute approximate surface area is 234 Å². The molecule has 2 heteroatoms. The van der Waals surface area contributed by atoms with Gasteiger partial charge in [0.25, 0.3) is 0 Å². The Morgan fingerprint density at radius 1 is 0.600 bits per heavy atom. The van der Waals surface area contributed by atoms with Crippen molar-refractivity contribution in [1.82, 2.24) is 0 Å². The monoisotopic (exact) mass is 512 g/mol. The van der Waals surface area contributed by atoms with Crippen LogP contribution in [-0.2, 0) is 0 Å². The van der Waals surface area contributed by atoms with Gasteiger partial charge in [-0.15, -0.1) is 0 Å². The molecule has 0 saturated carbocycles. The van der Waals surface area contributed by atoms with E-state index in [0.29, 0.717) is 6.04 Å². The smallest absolute Gasteiger partial charge is 0.0632 e. The van der Waals surface area contributed by atoms with Crippen molar-refractivity contribution in [2.45, 2.75) is 12.5 Å². The lowest BCUT2D eigenvalue weighted by Gasteiger charge is -2.30. The average molecular weight is 513 g/mol. The van der Waals surface area contributed by atoms with Crippen molar-refractivity contribution >= 4 is 55.6 Å². The fourth-order valence-corrected chi connectivity index (χ4v) is 6.53. The van der Waals surface area contributed by atoms with Gasteiger partial charge >= 0.3 is 0 Å². The van der Waals surface area contributed by atoms with E-state index in [2.05, 4.69) is 161 Å². The molecule has 1 heterocycles. The molecule has 0 saturated heterocycles. The molecule has 0 aromatic heterocycles. The Kier molecular flexibility index (Phi) is 5.31. The molecule has 6 aromatic rings. The van der Waals surface area contributed by atoms with Crippen molar-refractivity contribution in [2.24, 2.45) is 0 Å². The molecular formula is C38H28N2. The molecule has 1 unspecified atom stereocenters. The molecule has 190 valence electrons. The highest BCUT2D eigenvalue weighted by Crippen LogP contribution is 2.50. The lowest BCUT2D eigenvalue weighted by Crippen LogP contribution is -2.27. The second-order valence-electron chi connectivity index (χ2n) is 10.5. The Morgan fingerprint density at radius 2 is 1.30 bits per heavy atom. The molecule has 40 heavy (non-hydrogen) atoms. The van der Waals surface area contributed by atoms with E-state index in [9.17, 15) is 0 Å². The molecule has 6 aromatic carbocycles. The van der Waals surface area contributed by atoms with E-state index in [-0.39, 0.29) is 0 Å². The number of hydrogen-bond acceptors (Lipinski definition) is 2. The molecule has 0 spiro atoms. The molecule has 0 amide bonds. The van der Waals surface area contributed by atoms with Gasteiger partial charge in [-0.1, -0.05) is 109 Å². The van der Waals surface area contributed by atoms with Gasteiger partial charge in [-0.25, -0.2) is 0 Å². The summed E-state index contributed by atoms with van der Waals surface area (Å²) in [7, 11) is 0. The van der Waals surface area contributed by atoms with E-state index >= 15 is 0 Å². The Balaban J connectivity index is 1.39. The summed E-state index contributed by atoms with van der Waals surface area (Å²) in [6.07, 6.45) is 7.79. The number of fused-ring (bicyclic) bond motifs is 6. The second-order valence-corrected chi connectivity index (χ2v) is 10.5. The summed E-state index contributed by atoms with van der Waals surface area (Å²) < 4.78 is 0. The van der Waals surface area contributed by atoms with Gasteiger partial charge in [0.1, 0.15) is 0 Å². The van der Waals surface area contributed by atoms with Crippen LogP contribution in [0.5, 0.6) is 0 Å². The highest BCUT2D eigenvalue weighted by molar-refractivity contribution is 6.14. The summed E-state index contributed by atoms with van der Waals surface area (Å²) in [5, 5.41) is 5.03. The molecule has 0 bridgehead atoms. The summed E-state index contributed by atoms with van der Waals surface area (Å²) in [5.41, 5.74) is 8.68. The van der Waals surface area contributed by atoms with Gasteiger partial charge in [0.15, 0.2) is 0 Å². The van der Waals surface area contributed by atoms with E-state index in [4.69, 9.17) is 0 Å². The highest BCUT2D eigenvalue weighted by atomic mass is 15.2. The minimum atomic E-state index is 0.310. The molecular weight excluding hydrogens is 484 g/mol. The van der Waals surface area contributed by atoms with Crippen molar-refractivity contribution in [1.29, 1.82) is 0 Å². The van der Waals surface area contributed by atoms with E-state index < -0.39 is 0 Å². The quantitative estimate of drug-likeness (QED) is 0.217. The van der Waals surface area contributed by atoms with Crippen molar-refractivity contribution in [2.75, 3.05) is 9.80 Å². The standard InChI is InChI=1S/C38H28N2/c1-3-14-28(15-4-1)39(37-25-27-13-7-8-18-31(27)32-19-9-10-20-33(32)37)30-23-24-35-34-21-11-12-22-36(34)40(38(35)26-30)29-16-5-2-6-17-29/h1-21,23-26,36H,22H2. The fourth-order valence-electron chi connectivity index (χ4n) is 6.53. The van der Waals surface area contributed by atoms with E-state index in [1.165, 1.54) is 49.7 Å². The molecule has 0 radical (unpaired) electrons. The minimum absolute atomic E-state index is 0.310. The van der Waals surface area contributed by atoms with E-state index in [1.54, 1.807) is 0 Å². The van der Waals surface area contributed by atoms with Crippen LogP contribution in [0.1, 0.15) is 12.0 Å². The van der Waals surface area contributed by atoms with Gasteiger partial charge in [0.2, 0.25) is 0 Å². The summed E-state index contributed by atoms with van der Waals surface area (Å²) >= 11 is 0. The van der Waals surface area contributed by atoms with Gasteiger partial charge in [0, 0.05) is 28.0 Å². The third-order valence-corrected chi connectivity index (χ3v) is 8.29. The Morgan fingerprint density at radius 3 is 2.12 bits per heavy atom. The van der Waals surface area contributed by atoms with Gasteiger partial charge in [-0.2, -0.15) is 0 Å².